The van der Waals surface area contributed by atoms with Crippen molar-refractivity contribution in [3.63, 3.8) is 0 Å². The summed E-state index contributed by atoms with van der Waals surface area (Å²) < 4.78 is 37.7. The molecule has 0 fully saturated rings. The molecule has 0 spiro atoms. The lowest BCUT2D eigenvalue weighted by Gasteiger charge is -2.06. The van der Waals surface area contributed by atoms with Gasteiger partial charge in [-0.3, -0.25) is 0 Å². The topological polar surface area (TPSA) is 50.2 Å². The number of aromatic nitrogens is 1. The van der Waals surface area contributed by atoms with Gasteiger partial charge >= 0.3 is 12.1 Å². The molecule has 0 atom stereocenters. The molecule has 0 saturated carbocycles. The van der Waals surface area contributed by atoms with Crippen molar-refractivity contribution in [1.29, 1.82) is 0 Å². The van der Waals surface area contributed by atoms with Crippen LogP contribution in [0.25, 0.3) is 11.3 Å². The Balaban J connectivity index is 1.74. The summed E-state index contributed by atoms with van der Waals surface area (Å²) in [6, 6.07) is 11.4. The summed E-state index contributed by atoms with van der Waals surface area (Å²) in [5.41, 5.74) is 1.78. The van der Waals surface area contributed by atoms with Crippen molar-refractivity contribution in [2.75, 3.05) is 0 Å². The number of alkyl halides is 3. The first-order valence-corrected chi connectivity index (χ1v) is 8.15. The molecule has 1 N–H and O–H groups in total. The number of carboxylic acids is 1. The summed E-state index contributed by atoms with van der Waals surface area (Å²) in [6.45, 7) is 0. The molecule has 0 amide bonds. The molecule has 3 nitrogen and oxygen atoms in total. The minimum Gasteiger partial charge on any atom is -0.478 e. The molecule has 0 aliphatic rings. The molecule has 1 heterocycles. The van der Waals surface area contributed by atoms with Gasteiger partial charge in [0, 0.05) is 17.4 Å². The van der Waals surface area contributed by atoms with E-state index in [4.69, 9.17) is 5.11 Å². The summed E-state index contributed by atoms with van der Waals surface area (Å²) >= 11 is 1.41. The third-order valence-corrected chi connectivity index (χ3v) is 4.46. The van der Waals surface area contributed by atoms with Crippen LogP contribution in [0.5, 0.6) is 0 Å². The van der Waals surface area contributed by atoms with Gasteiger partial charge in [-0.2, -0.15) is 13.2 Å². The van der Waals surface area contributed by atoms with Gasteiger partial charge in [0.25, 0.3) is 0 Å². The Morgan fingerprint density at radius 3 is 2.24 bits per heavy atom. The molecular formula is C18H12F3NO2S. The second-order valence-electron chi connectivity index (χ2n) is 5.38. The number of carbonyl (C=O) groups is 1. The average Bonchev–Trinajstić information content (AvgIpc) is 3.03. The van der Waals surface area contributed by atoms with Crippen LogP contribution in [0.1, 0.15) is 26.5 Å². The lowest BCUT2D eigenvalue weighted by molar-refractivity contribution is -0.137. The van der Waals surface area contributed by atoms with Crippen LogP contribution >= 0.6 is 11.3 Å². The predicted octanol–water partition coefficient (Wildman–Crippen LogP) is 5.12. The number of carboxylic acid groups (broad SMARTS) is 1. The fraction of sp³-hybridized carbons (Fsp3) is 0.111. The van der Waals surface area contributed by atoms with Gasteiger partial charge in [-0.25, -0.2) is 9.78 Å². The zero-order valence-corrected chi connectivity index (χ0v) is 13.6. The van der Waals surface area contributed by atoms with E-state index in [0.29, 0.717) is 12.1 Å². The van der Waals surface area contributed by atoms with E-state index in [9.17, 15) is 18.0 Å². The Labute approximate surface area is 145 Å². The highest BCUT2D eigenvalue weighted by molar-refractivity contribution is 7.10. The summed E-state index contributed by atoms with van der Waals surface area (Å²) in [5, 5.41) is 11.5. The van der Waals surface area contributed by atoms with Crippen LogP contribution < -0.4 is 0 Å². The van der Waals surface area contributed by atoms with Gasteiger partial charge in [0.05, 0.1) is 21.8 Å². The largest absolute Gasteiger partial charge is 0.478 e. The Hall–Kier alpha value is -2.67. The highest BCUT2D eigenvalue weighted by Gasteiger charge is 2.29. The Kier molecular flexibility index (Phi) is 4.59. The summed E-state index contributed by atoms with van der Waals surface area (Å²) in [4.78, 5) is 15.3. The molecule has 2 aromatic carbocycles. The number of benzene rings is 2. The van der Waals surface area contributed by atoms with Crippen LogP contribution in [-0.4, -0.2) is 16.1 Å². The third kappa shape index (κ3) is 4.06. The van der Waals surface area contributed by atoms with Crippen molar-refractivity contribution in [1.82, 2.24) is 4.98 Å². The zero-order chi connectivity index (χ0) is 18.0. The number of nitrogens with zero attached hydrogens (tertiary/aromatic N) is 1. The van der Waals surface area contributed by atoms with Gasteiger partial charge in [0.1, 0.15) is 0 Å². The van der Waals surface area contributed by atoms with Crippen molar-refractivity contribution in [3.8, 4) is 11.3 Å². The van der Waals surface area contributed by atoms with E-state index in [1.807, 2.05) is 5.38 Å². The van der Waals surface area contributed by atoms with Crippen molar-refractivity contribution < 1.29 is 23.1 Å². The van der Waals surface area contributed by atoms with Gasteiger partial charge in [-0.1, -0.05) is 24.3 Å². The van der Waals surface area contributed by atoms with E-state index in [1.165, 1.54) is 35.6 Å². The minimum atomic E-state index is -4.34. The number of halogens is 3. The van der Waals surface area contributed by atoms with E-state index in [2.05, 4.69) is 4.98 Å². The molecule has 3 aromatic rings. The maximum absolute atomic E-state index is 12.6. The van der Waals surface area contributed by atoms with Gasteiger partial charge < -0.3 is 5.11 Å². The third-order valence-electron chi connectivity index (χ3n) is 3.62. The highest BCUT2D eigenvalue weighted by Crippen LogP contribution is 2.30. The highest BCUT2D eigenvalue weighted by atomic mass is 32.1. The maximum Gasteiger partial charge on any atom is 0.416 e. The van der Waals surface area contributed by atoms with Crippen molar-refractivity contribution in [3.05, 3.63) is 75.6 Å². The van der Waals surface area contributed by atoms with Crippen LogP contribution in [0.4, 0.5) is 13.2 Å². The number of thiazole rings is 1. The normalized spacial score (nSPS) is 11.5. The van der Waals surface area contributed by atoms with E-state index in [1.54, 1.807) is 12.1 Å². The monoisotopic (exact) mass is 363 g/mol. The molecular weight excluding hydrogens is 351 g/mol. The SMILES string of the molecule is O=C(O)c1ccc(-c2csc(Cc3ccc(C(F)(F)F)cc3)n2)cc1. The Morgan fingerprint density at radius 2 is 1.68 bits per heavy atom. The van der Waals surface area contributed by atoms with Crippen LogP contribution in [0.3, 0.4) is 0 Å². The molecule has 0 aliphatic carbocycles. The summed E-state index contributed by atoms with van der Waals surface area (Å²) in [5.74, 6) is -0.993. The second-order valence-corrected chi connectivity index (χ2v) is 6.32. The Morgan fingerprint density at radius 1 is 1.04 bits per heavy atom. The van der Waals surface area contributed by atoms with Crippen LogP contribution in [-0.2, 0) is 12.6 Å². The van der Waals surface area contributed by atoms with Gasteiger partial charge in [0.15, 0.2) is 0 Å². The van der Waals surface area contributed by atoms with Gasteiger partial charge in [0.2, 0.25) is 0 Å². The molecule has 128 valence electrons. The molecule has 0 radical (unpaired) electrons. The van der Waals surface area contributed by atoms with Crippen molar-refractivity contribution in [2.45, 2.75) is 12.6 Å². The molecule has 0 unspecified atom stereocenters. The molecule has 25 heavy (non-hydrogen) atoms. The van der Waals surface area contributed by atoms with E-state index < -0.39 is 17.7 Å². The summed E-state index contributed by atoms with van der Waals surface area (Å²) in [7, 11) is 0. The molecule has 0 saturated heterocycles. The Bertz CT molecular complexity index is 884. The molecule has 3 rings (SSSR count). The quantitative estimate of drug-likeness (QED) is 0.700. The number of aromatic carboxylic acids is 1. The first-order valence-electron chi connectivity index (χ1n) is 7.27. The molecule has 0 aliphatic heterocycles. The van der Waals surface area contributed by atoms with Gasteiger partial charge in [-0.15, -0.1) is 11.3 Å². The van der Waals surface area contributed by atoms with Crippen LogP contribution in [0.2, 0.25) is 0 Å². The standard InChI is InChI=1S/C18H12F3NO2S/c19-18(20,21)14-7-1-11(2-8-14)9-16-22-15(10-25-16)12-3-5-13(6-4-12)17(23)24/h1-8,10H,9H2,(H,23,24). The van der Waals surface area contributed by atoms with Crippen LogP contribution in [0, 0.1) is 0 Å². The minimum absolute atomic E-state index is 0.198. The fourth-order valence-corrected chi connectivity index (χ4v) is 3.13. The first-order chi connectivity index (χ1) is 11.8. The molecule has 7 heteroatoms. The lowest BCUT2D eigenvalue weighted by Crippen LogP contribution is -2.04. The summed E-state index contributed by atoms with van der Waals surface area (Å²) in [6.07, 6.45) is -3.90. The molecule has 0 bridgehead atoms. The fourth-order valence-electron chi connectivity index (χ4n) is 2.29. The van der Waals surface area contributed by atoms with E-state index in [0.717, 1.165) is 28.3 Å². The van der Waals surface area contributed by atoms with Crippen molar-refractivity contribution >= 4 is 17.3 Å². The van der Waals surface area contributed by atoms with Crippen LogP contribution in [0.15, 0.2) is 53.9 Å². The number of rotatable bonds is 4. The smallest absolute Gasteiger partial charge is 0.416 e. The zero-order valence-electron chi connectivity index (χ0n) is 12.7. The van der Waals surface area contributed by atoms with E-state index >= 15 is 0 Å². The molecule has 1 aromatic heterocycles. The van der Waals surface area contributed by atoms with Crippen molar-refractivity contribution in [2.24, 2.45) is 0 Å². The lowest BCUT2D eigenvalue weighted by atomic mass is 10.1. The van der Waals surface area contributed by atoms with E-state index in [-0.39, 0.29) is 5.56 Å². The predicted molar refractivity (Wildman–Crippen MR) is 88.8 cm³/mol. The first kappa shape index (κ1) is 17.2. The average molecular weight is 363 g/mol. The maximum atomic E-state index is 12.6. The number of hydrogen-bond donors (Lipinski definition) is 1. The second kappa shape index (κ2) is 6.68. The van der Waals surface area contributed by atoms with Gasteiger partial charge in [-0.05, 0) is 29.8 Å². The number of hydrogen-bond acceptors (Lipinski definition) is 3.